The summed E-state index contributed by atoms with van der Waals surface area (Å²) in [7, 11) is 0. The van der Waals surface area contributed by atoms with Crippen LogP contribution in [0.2, 0.25) is 0 Å². The SMILES string of the molecule is C=CCn1c(SCC(=O)Nc2cccc(N3CCCC3=O)c2)nnc1-c1ccc(C(C)(C)C)cc1. The number of benzene rings is 2. The van der Waals surface area contributed by atoms with Gasteiger partial charge in [-0.15, -0.1) is 16.8 Å². The predicted octanol–water partition coefficient (Wildman–Crippen LogP) is 5.29. The zero-order chi connectivity index (χ0) is 25.0. The van der Waals surface area contributed by atoms with E-state index in [4.69, 9.17) is 0 Å². The second-order valence-electron chi connectivity index (χ2n) is 9.57. The Morgan fingerprint density at radius 1 is 1.17 bits per heavy atom. The van der Waals surface area contributed by atoms with Crippen LogP contribution in [0.15, 0.2) is 66.3 Å². The number of nitrogens with zero attached hydrogens (tertiary/aromatic N) is 4. The number of carbonyl (C=O) groups excluding carboxylic acids is 2. The first-order valence-electron chi connectivity index (χ1n) is 11.7. The van der Waals surface area contributed by atoms with Crippen molar-refractivity contribution in [2.75, 3.05) is 22.5 Å². The lowest BCUT2D eigenvalue weighted by atomic mass is 9.87. The van der Waals surface area contributed by atoms with Gasteiger partial charge in [-0.2, -0.15) is 0 Å². The third-order valence-corrected chi connectivity index (χ3v) is 6.85. The lowest BCUT2D eigenvalue weighted by Gasteiger charge is -2.19. The fraction of sp³-hybridized carbons (Fsp3) is 0.333. The highest BCUT2D eigenvalue weighted by Gasteiger charge is 2.22. The van der Waals surface area contributed by atoms with Crippen molar-refractivity contribution in [3.05, 3.63) is 66.7 Å². The Kier molecular flexibility index (Phi) is 7.40. The van der Waals surface area contributed by atoms with E-state index in [1.165, 1.54) is 17.3 Å². The molecule has 0 spiro atoms. The first-order chi connectivity index (χ1) is 16.8. The van der Waals surface area contributed by atoms with Gasteiger partial charge in [0.25, 0.3) is 0 Å². The van der Waals surface area contributed by atoms with E-state index in [1.807, 2.05) is 28.8 Å². The maximum Gasteiger partial charge on any atom is 0.234 e. The molecule has 0 unspecified atom stereocenters. The number of hydrogen-bond acceptors (Lipinski definition) is 5. The molecule has 2 heterocycles. The van der Waals surface area contributed by atoms with E-state index in [-0.39, 0.29) is 23.0 Å². The summed E-state index contributed by atoms with van der Waals surface area (Å²) < 4.78 is 1.97. The molecule has 0 saturated carbocycles. The molecule has 182 valence electrons. The van der Waals surface area contributed by atoms with Crippen molar-refractivity contribution in [1.29, 1.82) is 0 Å². The largest absolute Gasteiger partial charge is 0.325 e. The third kappa shape index (κ3) is 5.82. The number of rotatable bonds is 8. The third-order valence-electron chi connectivity index (χ3n) is 5.89. The molecule has 0 bridgehead atoms. The Bertz CT molecular complexity index is 1230. The summed E-state index contributed by atoms with van der Waals surface area (Å²) >= 11 is 1.33. The van der Waals surface area contributed by atoms with E-state index >= 15 is 0 Å². The molecule has 35 heavy (non-hydrogen) atoms. The Morgan fingerprint density at radius 3 is 2.60 bits per heavy atom. The smallest absolute Gasteiger partial charge is 0.234 e. The van der Waals surface area contributed by atoms with Gasteiger partial charge in [-0.05, 0) is 35.6 Å². The molecule has 0 atom stereocenters. The van der Waals surface area contributed by atoms with E-state index in [2.05, 4.69) is 67.1 Å². The number of thioether (sulfide) groups is 1. The molecule has 7 nitrogen and oxygen atoms in total. The minimum Gasteiger partial charge on any atom is -0.325 e. The number of nitrogens with one attached hydrogen (secondary N) is 1. The molecule has 3 aromatic rings. The Morgan fingerprint density at radius 2 is 1.94 bits per heavy atom. The summed E-state index contributed by atoms with van der Waals surface area (Å²) in [6, 6.07) is 15.8. The number of amides is 2. The van der Waals surface area contributed by atoms with Gasteiger partial charge in [0.15, 0.2) is 11.0 Å². The molecule has 1 aliphatic heterocycles. The van der Waals surface area contributed by atoms with Crippen molar-refractivity contribution in [2.24, 2.45) is 0 Å². The Labute approximate surface area is 210 Å². The van der Waals surface area contributed by atoms with E-state index in [9.17, 15) is 9.59 Å². The zero-order valence-electron chi connectivity index (χ0n) is 20.5. The van der Waals surface area contributed by atoms with Gasteiger partial charge >= 0.3 is 0 Å². The van der Waals surface area contributed by atoms with Crippen molar-refractivity contribution >= 4 is 35.0 Å². The maximum atomic E-state index is 12.7. The van der Waals surface area contributed by atoms with Crippen molar-refractivity contribution in [1.82, 2.24) is 14.8 Å². The van der Waals surface area contributed by atoms with Crippen LogP contribution in [-0.4, -0.2) is 38.9 Å². The van der Waals surface area contributed by atoms with Crippen LogP contribution in [0.25, 0.3) is 11.4 Å². The van der Waals surface area contributed by atoms with Crippen LogP contribution in [0.4, 0.5) is 11.4 Å². The average molecular weight is 490 g/mol. The van der Waals surface area contributed by atoms with E-state index in [0.717, 1.165) is 23.5 Å². The molecule has 1 aromatic heterocycles. The van der Waals surface area contributed by atoms with Gasteiger partial charge in [0.1, 0.15) is 0 Å². The van der Waals surface area contributed by atoms with Crippen LogP contribution < -0.4 is 10.2 Å². The quantitative estimate of drug-likeness (QED) is 0.344. The molecule has 8 heteroatoms. The van der Waals surface area contributed by atoms with Crippen LogP contribution in [0.5, 0.6) is 0 Å². The fourth-order valence-corrected chi connectivity index (χ4v) is 4.77. The zero-order valence-corrected chi connectivity index (χ0v) is 21.3. The maximum absolute atomic E-state index is 12.7. The monoisotopic (exact) mass is 489 g/mol. The van der Waals surface area contributed by atoms with Gasteiger partial charge in [-0.1, -0.05) is 68.9 Å². The number of hydrogen-bond donors (Lipinski definition) is 1. The van der Waals surface area contributed by atoms with Crippen LogP contribution >= 0.6 is 11.8 Å². The minimum absolute atomic E-state index is 0.0746. The molecule has 4 rings (SSSR count). The first kappa shape index (κ1) is 24.7. The molecule has 2 amide bonds. The fourth-order valence-electron chi connectivity index (χ4n) is 4.02. The minimum atomic E-state index is -0.149. The lowest BCUT2D eigenvalue weighted by molar-refractivity contribution is -0.117. The molecular weight excluding hydrogens is 458 g/mol. The topological polar surface area (TPSA) is 80.1 Å². The lowest BCUT2D eigenvalue weighted by Crippen LogP contribution is -2.23. The van der Waals surface area contributed by atoms with Crippen LogP contribution in [0.3, 0.4) is 0 Å². The molecule has 1 fully saturated rings. The number of anilines is 2. The first-order valence-corrected chi connectivity index (χ1v) is 12.7. The van der Waals surface area contributed by atoms with Gasteiger partial charge in [0, 0.05) is 36.4 Å². The molecule has 1 N–H and O–H groups in total. The number of aromatic nitrogens is 3. The summed E-state index contributed by atoms with van der Waals surface area (Å²) in [5.74, 6) is 0.903. The molecule has 0 radical (unpaired) electrons. The van der Waals surface area contributed by atoms with Gasteiger partial charge in [0.05, 0.1) is 5.75 Å². The second-order valence-corrected chi connectivity index (χ2v) is 10.5. The van der Waals surface area contributed by atoms with Crippen molar-refractivity contribution in [3.63, 3.8) is 0 Å². The molecular formula is C27H31N5O2S. The summed E-state index contributed by atoms with van der Waals surface area (Å²) in [6.07, 6.45) is 3.23. The standard InChI is InChI=1S/C27H31N5O2S/c1-5-15-32-25(19-11-13-20(14-12-19)27(2,3)4)29-30-26(32)35-18-23(33)28-21-8-6-9-22(17-21)31-16-7-10-24(31)34/h5-6,8-9,11-14,17H,1,7,10,15-16,18H2,2-4H3,(H,28,33). The summed E-state index contributed by atoms with van der Waals surface area (Å²) in [4.78, 5) is 26.5. The summed E-state index contributed by atoms with van der Waals surface area (Å²) in [6.45, 7) is 11.7. The average Bonchev–Trinajstić information content (AvgIpc) is 3.44. The van der Waals surface area contributed by atoms with Crippen molar-refractivity contribution in [2.45, 2.75) is 50.7 Å². The summed E-state index contributed by atoms with van der Waals surface area (Å²) in [5, 5.41) is 12.3. The van der Waals surface area contributed by atoms with Crippen molar-refractivity contribution < 1.29 is 9.59 Å². The number of carbonyl (C=O) groups is 2. The van der Waals surface area contributed by atoms with E-state index < -0.39 is 0 Å². The molecule has 0 aliphatic carbocycles. The Balaban J connectivity index is 1.43. The predicted molar refractivity (Wildman–Crippen MR) is 142 cm³/mol. The molecule has 2 aromatic carbocycles. The van der Waals surface area contributed by atoms with E-state index in [0.29, 0.717) is 30.4 Å². The van der Waals surface area contributed by atoms with Gasteiger partial charge in [0.2, 0.25) is 11.8 Å². The highest BCUT2D eigenvalue weighted by atomic mass is 32.2. The van der Waals surface area contributed by atoms with Crippen LogP contribution in [0.1, 0.15) is 39.2 Å². The van der Waals surface area contributed by atoms with Gasteiger partial charge < -0.3 is 10.2 Å². The summed E-state index contributed by atoms with van der Waals surface area (Å²) in [5.41, 5.74) is 3.77. The van der Waals surface area contributed by atoms with Crippen LogP contribution in [-0.2, 0) is 21.5 Å². The highest BCUT2D eigenvalue weighted by Crippen LogP contribution is 2.28. The van der Waals surface area contributed by atoms with Gasteiger partial charge in [-0.3, -0.25) is 14.2 Å². The normalized spacial score (nSPS) is 13.8. The van der Waals surface area contributed by atoms with Crippen LogP contribution in [0, 0.1) is 0 Å². The highest BCUT2D eigenvalue weighted by molar-refractivity contribution is 7.99. The van der Waals surface area contributed by atoms with Crippen molar-refractivity contribution in [3.8, 4) is 11.4 Å². The Hall–Kier alpha value is -3.39. The second kappa shape index (κ2) is 10.5. The molecule has 1 saturated heterocycles. The molecule has 1 aliphatic rings. The number of allylic oxidation sites excluding steroid dienone is 1. The van der Waals surface area contributed by atoms with E-state index in [1.54, 1.807) is 11.0 Å². The van der Waals surface area contributed by atoms with Gasteiger partial charge in [-0.25, -0.2) is 0 Å².